The molecule has 2 nitrogen and oxygen atoms in total. The van der Waals surface area contributed by atoms with E-state index in [-0.39, 0.29) is 17.1 Å². The molecule has 7 atom stereocenters. The van der Waals surface area contributed by atoms with Gasteiger partial charge in [-0.1, -0.05) is 38.3 Å². The van der Waals surface area contributed by atoms with Crippen molar-refractivity contribution in [1.29, 1.82) is 0 Å². The summed E-state index contributed by atoms with van der Waals surface area (Å²) in [6, 6.07) is 0. The minimum atomic E-state index is -0.0874. The molecule has 0 N–H and O–H groups in total. The minimum Gasteiger partial charge on any atom is -0.373 e. The van der Waals surface area contributed by atoms with Gasteiger partial charge in [0.2, 0.25) is 0 Å². The molecule has 5 aliphatic rings. The van der Waals surface area contributed by atoms with Gasteiger partial charge in [-0.3, -0.25) is 0 Å². The fraction of sp³-hybridized carbons (Fsp3) is 0.913. The standard InChI is InChI=1S/C23H36O2/c1-16-23(25-15-14-24-16)13-10-20-18-8-7-17-6-4-5-11-21(17,2)19(18)9-12-22(20,23)3/h10,16-19H,4-9,11-15H2,1-3H3/t16?,17?,18-,19+,21+,22+,23+/m1/s1. The van der Waals surface area contributed by atoms with E-state index in [9.17, 15) is 0 Å². The predicted molar refractivity (Wildman–Crippen MR) is 100 cm³/mol. The van der Waals surface area contributed by atoms with E-state index in [1.807, 2.05) is 0 Å². The van der Waals surface area contributed by atoms with Gasteiger partial charge in [0.15, 0.2) is 0 Å². The van der Waals surface area contributed by atoms with Crippen molar-refractivity contribution in [3.05, 3.63) is 11.6 Å². The maximum Gasteiger partial charge on any atom is 0.106 e. The van der Waals surface area contributed by atoms with E-state index in [0.29, 0.717) is 5.41 Å². The quantitative estimate of drug-likeness (QED) is 0.539. The molecule has 1 heterocycles. The van der Waals surface area contributed by atoms with Crippen LogP contribution in [0.15, 0.2) is 11.6 Å². The van der Waals surface area contributed by atoms with Crippen molar-refractivity contribution in [2.45, 2.75) is 90.3 Å². The third-order valence-corrected chi connectivity index (χ3v) is 9.63. The SMILES string of the molecule is CC1OCCO[C@@]12CC=C1[C@@H]3CCC4CCCC[C@]4(C)[C@H]3CC[C@@]12C. The maximum absolute atomic E-state index is 6.55. The van der Waals surface area contributed by atoms with Crippen LogP contribution in [0.1, 0.15) is 78.6 Å². The van der Waals surface area contributed by atoms with E-state index in [0.717, 1.165) is 37.4 Å². The molecule has 2 unspecified atom stereocenters. The van der Waals surface area contributed by atoms with Gasteiger partial charge in [0.25, 0.3) is 0 Å². The van der Waals surface area contributed by atoms with E-state index >= 15 is 0 Å². The number of hydrogen-bond acceptors (Lipinski definition) is 2. The Hall–Kier alpha value is -0.340. The first-order valence-corrected chi connectivity index (χ1v) is 11.0. The summed E-state index contributed by atoms with van der Waals surface area (Å²) >= 11 is 0. The first kappa shape index (κ1) is 16.8. The zero-order chi connectivity index (χ0) is 17.3. The van der Waals surface area contributed by atoms with E-state index < -0.39 is 0 Å². The smallest absolute Gasteiger partial charge is 0.106 e. The van der Waals surface area contributed by atoms with Crippen LogP contribution in [0, 0.1) is 28.6 Å². The van der Waals surface area contributed by atoms with Crippen molar-refractivity contribution in [2.24, 2.45) is 28.6 Å². The van der Waals surface area contributed by atoms with Gasteiger partial charge < -0.3 is 9.47 Å². The van der Waals surface area contributed by atoms with Gasteiger partial charge in [-0.15, -0.1) is 0 Å². The summed E-state index contributed by atoms with van der Waals surface area (Å²) < 4.78 is 12.7. The van der Waals surface area contributed by atoms with Gasteiger partial charge in [-0.25, -0.2) is 0 Å². The highest BCUT2D eigenvalue weighted by Crippen LogP contribution is 2.68. The molecule has 4 fully saturated rings. The third-order valence-electron chi connectivity index (χ3n) is 9.63. The number of rotatable bonds is 0. The van der Waals surface area contributed by atoms with Crippen molar-refractivity contribution < 1.29 is 9.47 Å². The normalized spacial score (nSPS) is 55.2. The largest absolute Gasteiger partial charge is 0.373 e. The summed E-state index contributed by atoms with van der Waals surface area (Å²) in [5, 5.41) is 0. The van der Waals surface area contributed by atoms with Crippen LogP contribution in [0.25, 0.3) is 0 Å². The van der Waals surface area contributed by atoms with Gasteiger partial charge in [-0.05, 0) is 75.0 Å². The average Bonchev–Trinajstić information content (AvgIpc) is 2.90. The van der Waals surface area contributed by atoms with Crippen LogP contribution >= 0.6 is 0 Å². The molecule has 0 aromatic carbocycles. The second-order valence-corrected chi connectivity index (χ2v) is 10.2. The number of ether oxygens (including phenoxy) is 2. The molecule has 1 saturated heterocycles. The maximum atomic E-state index is 6.55. The molecule has 0 amide bonds. The molecule has 0 aromatic rings. The Morgan fingerprint density at radius 2 is 1.88 bits per heavy atom. The second kappa shape index (κ2) is 5.58. The highest BCUT2D eigenvalue weighted by molar-refractivity contribution is 5.35. The molecule has 2 heteroatoms. The van der Waals surface area contributed by atoms with Crippen LogP contribution < -0.4 is 0 Å². The lowest BCUT2D eigenvalue weighted by Crippen LogP contribution is -2.61. The lowest BCUT2D eigenvalue weighted by atomic mass is 9.45. The Kier molecular flexibility index (Phi) is 3.75. The Labute approximate surface area is 153 Å². The second-order valence-electron chi connectivity index (χ2n) is 10.2. The Morgan fingerprint density at radius 3 is 2.72 bits per heavy atom. The fourth-order valence-electron chi connectivity index (χ4n) is 8.19. The summed E-state index contributed by atoms with van der Waals surface area (Å²) in [6.45, 7) is 8.97. The molecule has 0 bridgehead atoms. The van der Waals surface area contributed by atoms with Gasteiger partial charge in [0, 0.05) is 5.41 Å². The molecule has 3 saturated carbocycles. The zero-order valence-electron chi connectivity index (χ0n) is 16.5. The summed E-state index contributed by atoms with van der Waals surface area (Å²) in [7, 11) is 0. The molecule has 25 heavy (non-hydrogen) atoms. The van der Waals surface area contributed by atoms with Crippen LogP contribution in [-0.2, 0) is 9.47 Å². The van der Waals surface area contributed by atoms with E-state index in [2.05, 4.69) is 26.8 Å². The fourth-order valence-corrected chi connectivity index (χ4v) is 8.19. The summed E-state index contributed by atoms with van der Waals surface area (Å²) in [6.07, 6.45) is 15.4. The Morgan fingerprint density at radius 1 is 1.00 bits per heavy atom. The minimum absolute atomic E-state index is 0.0874. The summed E-state index contributed by atoms with van der Waals surface area (Å²) in [5.74, 6) is 2.73. The molecule has 1 spiro atoms. The van der Waals surface area contributed by atoms with Crippen molar-refractivity contribution in [3.8, 4) is 0 Å². The molecular weight excluding hydrogens is 308 g/mol. The van der Waals surface area contributed by atoms with E-state index in [1.165, 1.54) is 51.4 Å². The van der Waals surface area contributed by atoms with Crippen LogP contribution in [-0.4, -0.2) is 24.9 Å². The number of fused-ring (bicyclic) bond motifs is 6. The average molecular weight is 345 g/mol. The first-order chi connectivity index (χ1) is 12.0. The topological polar surface area (TPSA) is 18.5 Å². The molecule has 5 rings (SSSR count). The molecule has 0 radical (unpaired) electrons. The summed E-state index contributed by atoms with van der Waals surface area (Å²) in [5.41, 5.74) is 2.49. The number of hydrogen-bond donors (Lipinski definition) is 0. The first-order valence-electron chi connectivity index (χ1n) is 11.0. The lowest BCUT2D eigenvalue weighted by molar-refractivity contribution is -0.239. The van der Waals surface area contributed by atoms with Crippen molar-refractivity contribution in [1.82, 2.24) is 0 Å². The molecule has 4 aliphatic carbocycles. The van der Waals surface area contributed by atoms with Gasteiger partial charge >= 0.3 is 0 Å². The van der Waals surface area contributed by atoms with E-state index in [1.54, 1.807) is 5.57 Å². The van der Waals surface area contributed by atoms with Gasteiger partial charge in [-0.2, -0.15) is 0 Å². The van der Waals surface area contributed by atoms with Crippen LogP contribution in [0.5, 0.6) is 0 Å². The van der Waals surface area contributed by atoms with Gasteiger partial charge in [0.1, 0.15) is 5.60 Å². The van der Waals surface area contributed by atoms with Gasteiger partial charge in [0.05, 0.1) is 19.3 Å². The van der Waals surface area contributed by atoms with Crippen LogP contribution in [0.2, 0.25) is 0 Å². The zero-order valence-corrected chi connectivity index (χ0v) is 16.5. The van der Waals surface area contributed by atoms with Crippen molar-refractivity contribution in [2.75, 3.05) is 13.2 Å². The van der Waals surface area contributed by atoms with Crippen molar-refractivity contribution >= 4 is 0 Å². The lowest BCUT2D eigenvalue weighted by Gasteiger charge is -2.61. The monoisotopic (exact) mass is 344 g/mol. The Bertz CT molecular complexity index is 583. The third kappa shape index (κ3) is 2.05. The van der Waals surface area contributed by atoms with Crippen molar-refractivity contribution in [3.63, 3.8) is 0 Å². The molecule has 140 valence electrons. The molecule has 0 aromatic heterocycles. The molecule has 1 aliphatic heterocycles. The molecular formula is C23H36O2. The predicted octanol–water partition coefficient (Wildman–Crippen LogP) is 5.51. The highest BCUT2D eigenvalue weighted by atomic mass is 16.6. The summed E-state index contributed by atoms with van der Waals surface area (Å²) in [4.78, 5) is 0. The van der Waals surface area contributed by atoms with Crippen LogP contribution in [0.4, 0.5) is 0 Å². The highest BCUT2D eigenvalue weighted by Gasteiger charge is 2.64. The van der Waals surface area contributed by atoms with Crippen LogP contribution in [0.3, 0.4) is 0 Å². The Balaban J connectivity index is 1.49. The van der Waals surface area contributed by atoms with E-state index in [4.69, 9.17) is 9.47 Å².